The summed E-state index contributed by atoms with van der Waals surface area (Å²) in [6, 6.07) is 8.02. The standard InChI is InChI=1S/C13H15N3O/c1-9-5-4-6-11(7-9)16-10(2)12(8-15-16)13(17)14-3/h4-8H,1-3H3,(H,14,17). The molecular weight excluding hydrogens is 214 g/mol. The summed E-state index contributed by atoms with van der Waals surface area (Å²) in [5, 5.41) is 6.86. The lowest BCUT2D eigenvalue weighted by Gasteiger charge is -2.06. The molecule has 0 aliphatic rings. The highest BCUT2D eigenvalue weighted by Crippen LogP contribution is 2.15. The predicted molar refractivity (Wildman–Crippen MR) is 66.4 cm³/mol. The van der Waals surface area contributed by atoms with Crippen molar-refractivity contribution < 1.29 is 4.79 Å². The first-order chi connectivity index (χ1) is 8.13. The molecule has 0 atom stereocenters. The van der Waals surface area contributed by atoms with Gasteiger partial charge in [-0.15, -0.1) is 0 Å². The topological polar surface area (TPSA) is 46.9 Å². The van der Waals surface area contributed by atoms with Crippen molar-refractivity contribution in [3.63, 3.8) is 0 Å². The largest absolute Gasteiger partial charge is 0.355 e. The molecule has 2 rings (SSSR count). The van der Waals surface area contributed by atoms with Crippen molar-refractivity contribution in [1.29, 1.82) is 0 Å². The molecule has 88 valence electrons. The van der Waals surface area contributed by atoms with E-state index in [2.05, 4.69) is 10.4 Å². The second kappa shape index (κ2) is 4.41. The molecule has 0 saturated carbocycles. The average molecular weight is 229 g/mol. The van der Waals surface area contributed by atoms with Crippen LogP contribution < -0.4 is 5.32 Å². The van der Waals surface area contributed by atoms with Gasteiger partial charge < -0.3 is 5.32 Å². The molecular formula is C13H15N3O. The van der Waals surface area contributed by atoms with Gasteiger partial charge in [-0.1, -0.05) is 12.1 Å². The highest BCUT2D eigenvalue weighted by Gasteiger charge is 2.13. The highest BCUT2D eigenvalue weighted by molar-refractivity contribution is 5.94. The monoisotopic (exact) mass is 229 g/mol. The zero-order chi connectivity index (χ0) is 12.4. The summed E-state index contributed by atoms with van der Waals surface area (Å²) in [6.07, 6.45) is 1.59. The molecule has 17 heavy (non-hydrogen) atoms. The molecule has 0 aliphatic carbocycles. The van der Waals surface area contributed by atoms with Crippen LogP contribution in [0.5, 0.6) is 0 Å². The van der Waals surface area contributed by atoms with E-state index < -0.39 is 0 Å². The first kappa shape index (κ1) is 11.4. The van der Waals surface area contributed by atoms with E-state index >= 15 is 0 Å². The van der Waals surface area contributed by atoms with E-state index in [0.29, 0.717) is 5.56 Å². The Morgan fingerprint density at radius 3 is 2.76 bits per heavy atom. The second-order valence-corrected chi connectivity index (χ2v) is 3.97. The third-order valence-electron chi connectivity index (χ3n) is 2.73. The van der Waals surface area contributed by atoms with E-state index in [1.165, 1.54) is 5.56 Å². The van der Waals surface area contributed by atoms with Crippen LogP contribution in [0.15, 0.2) is 30.5 Å². The van der Waals surface area contributed by atoms with Crippen molar-refractivity contribution in [3.05, 3.63) is 47.3 Å². The first-order valence-electron chi connectivity index (χ1n) is 5.47. The number of hydrogen-bond donors (Lipinski definition) is 1. The second-order valence-electron chi connectivity index (χ2n) is 3.97. The maximum Gasteiger partial charge on any atom is 0.254 e. The summed E-state index contributed by atoms with van der Waals surface area (Å²) in [7, 11) is 1.62. The van der Waals surface area contributed by atoms with Crippen molar-refractivity contribution >= 4 is 5.91 Å². The van der Waals surface area contributed by atoms with Crippen LogP contribution >= 0.6 is 0 Å². The average Bonchev–Trinajstić information content (AvgIpc) is 2.70. The Morgan fingerprint density at radius 1 is 1.35 bits per heavy atom. The molecule has 1 amide bonds. The molecule has 1 aromatic carbocycles. The molecule has 2 aromatic rings. The van der Waals surface area contributed by atoms with Gasteiger partial charge in [-0.05, 0) is 31.5 Å². The van der Waals surface area contributed by atoms with Crippen LogP contribution in [-0.2, 0) is 0 Å². The van der Waals surface area contributed by atoms with Crippen molar-refractivity contribution in [2.75, 3.05) is 7.05 Å². The van der Waals surface area contributed by atoms with Crippen LogP contribution in [0.25, 0.3) is 5.69 Å². The molecule has 0 bridgehead atoms. The molecule has 0 aliphatic heterocycles. The van der Waals surface area contributed by atoms with E-state index in [1.54, 1.807) is 17.9 Å². The molecule has 0 unspecified atom stereocenters. The van der Waals surface area contributed by atoms with E-state index in [9.17, 15) is 4.79 Å². The molecule has 4 heteroatoms. The molecule has 1 aromatic heterocycles. The van der Waals surface area contributed by atoms with E-state index in [-0.39, 0.29) is 5.91 Å². The fourth-order valence-electron chi connectivity index (χ4n) is 1.79. The Morgan fingerprint density at radius 2 is 2.12 bits per heavy atom. The number of amides is 1. The summed E-state index contributed by atoms with van der Waals surface area (Å²) >= 11 is 0. The minimum Gasteiger partial charge on any atom is -0.355 e. The lowest BCUT2D eigenvalue weighted by Crippen LogP contribution is -2.18. The zero-order valence-electron chi connectivity index (χ0n) is 10.2. The molecule has 4 nitrogen and oxygen atoms in total. The van der Waals surface area contributed by atoms with Gasteiger partial charge in [0.05, 0.1) is 23.1 Å². The number of aromatic nitrogens is 2. The lowest BCUT2D eigenvalue weighted by atomic mass is 10.2. The molecule has 0 fully saturated rings. The number of aryl methyl sites for hydroxylation is 1. The number of hydrogen-bond acceptors (Lipinski definition) is 2. The fraction of sp³-hybridized carbons (Fsp3) is 0.231. The van der Waals surface area contributed by atoms with Crippen LogP contribution in [0.2, 0.25) is 0 Å². The number of nitrogens with one attached hydrogen (secondary N) is 1. The van der Waals surface area contributed by atoms with Crippen molar-refractivity contribution in [2.45, 2.75) is 13.8 Å². The molecule has 0 radical (unpaired) electrons. The molecule has 0 saturated heterocycles. The van der Waals surface area contributed by atoms with E-state index in [4.69, 9.17) is 0 Å². The van der Waals surface area contributed by atoms with Gasteiger partial charge in [0.2, 0.25) is 0 Å². The van der Waals surface area contributed by atoms with Crippen molar-refractivity contribution in [3.8, 4) is 5.69 Å². The SMILES string of the molecule is CNC(=O)c1cnn(-c2cccc(C)c2)c1C. The number of rotatable bonds is 2. The number of carbonyl (C=O) groups is 1. The summed E-state index contributed by atoms with van der Waals surface area (Å²) in [4.78, 5) is 11.6. The maximum absolute atomic E-state index is 11.6. The fourth-order valence-corrected chi connectivity index (χ4v) is 1.79. The predicted octanol–water partition coefficient (Wildman–Crippen LogP) is 1.85. The maximum atomic E-state index is 11.6. The van der Waals surface area contributed by atoms with Gasteiger partial charge in [0.25, 0.3) is 5.91 Å². The van der Waals surface area contributed by atoms with Gasteiger partial charge in [0, 0.05) is 7.05 Å². The quantitative estimate of drug-likeness (QED) is 0.854. The summed E-state index contributed by atoms with van der Waals surface area (Å²) < 4.78 is 1.78. The van der Waals surface area contributed by atoms with Gasteiger partial charge >= 0.3 is 0 Å². The minimum absolute atomic E-state index is 0.110. The number of carbonyl (C=O) groups excluding carboxylic acids is 1. The minimum atomic E-state index is -0.110. The van der Waals surface area contributed by atoms with Gasteiger partial charge in [0.15, 0.2) is 0 Å². The van der Waals surface area contributed by atoms with Crippen molar-refractivity contribution in [1.82, 2.24) is 15.1 Å². The van der Waals surface area contributed by atoms with Crippen LogP contribution in [-0.4, -0.2) is 22.7 Å². The third kappa shape index (κ3) is 2.06. The molecule has 1 N–H and O–H groups in total. The summed E-state index contributed by atoms with van der Waals surface area (Å²) in [5.41, 5.74) is 3.58. The molecule has 0 spiro atoms. The lowest BCUT2D eigenvalue weighted by molar-refractivity contribution is 0.0962. The normalized spacial score (nSPS) is 10.3. The smallest absolute Gasteiger partial charge is 0.254 e. The van der Waals surface area contributed by atoms with Crippen molar-refractivity contribution in [2.24, 2.45) is 0 Å². The Kier molecular flexibility index (Phi) is 2.95. The van der Waals surface area contributed by atoms with Crippen LogP contribution in [0.3, 0.4) is 0 Å². The number of nitrogens with zero attached hydrogens (tertiary/aromatic N) is 2. The van der Waals surface area contributed by atoms with Gasteiger partial charge in [0.1, 0.15) is 0 Å². The summed E-state index contributed by atoms with van der Waals surface area (Å²) in [5.74, 6) is -0.110. The van der Waals surface area contributed by atoms with Gasteiger partial charge in [-0.2, -0.15) is 5.10 Å². The van der Waals surface area contributed by atoms with Crippen LogP contribution in [0.4, 0.5) is 0 Å². The van der Waals surface area contributed by atoms with Crippen LogP contribution in [0.1, 0.15) is 21.6 Å². The van der Waals surface area contributed by atoms with Gasteiger partial charge in [-0.25, -0.2) is 4.68 Å². The molecule has 1 heterocycles. The zero-order valence-corrected chi connectivity index (χ0v) is 10.2. The van der Waals surface area contributed by atoms with E-state index in [0.717, 1.165) is 11.4 Å². The Bertz CT molecular complexity index is 558. The third-order valence-corrected chi connectivity index (χ3v) is 2.73. The number of benzene rings is 1. The first-order valence-corrected chi connectivity index (χ1v) is 5.47. The Hall–Kier alpha value is -2.10. The highest BCUT2D eigenvalue weighted by atomic mass is 16.1. The Balaban J connectivity index is 2.48. The Labute approximate surface area is 100 Å². The van der Waals surface area contributed by atoms with Gasteiger partial charge in [-0.3, -0.25) is 4.79 Å². The summed E-state index contributed by atoms with van der Waals surface area (Å²) in [6.45, 7) is 3.92. The van der Waals surface area contributed by atoms with E-state index in [1.807, 2.05) is 38.1 Å². The van der Waals surface area contributed by atoms with Crippen LogP contribution in [0, 0.1) is 13.8 Å².